The molecule has 2 rings (SSSR count). The van der Waals surface area contributed by atoms with E-state index in [4.69, 9.17) is 0 Å². The van der Waals surface area contributed by atoms with Gasteiger partial charge in [-0.3, -0.25) is 4.90 Å². The molecule has 3 heteroatoms. The molecule has 1 unspecified atom stereocenters. The van der Waals surface area contributed by atoms with Crippen LogP contribution in [0.5, 0.6) is 0 Å². The minimum Gasteiger partial charge on any atom is -0.387 e. The first kappa shape index (κ1) is 15.7. The van der Waals surface area contributed by atoms with Crippen LogP contribution in [0.4, 0.5) is 4.39 Å². The van der Waals surface area contributed by atoms with Crippen LogP contribution in [0.15, 0.2) is 54.6 Å². The number of aliphatic hydroxyl groups excluding tert-OH is 1. The molecule has 2 nitrogen and oxygen atoms in total. The molecule has 0 amide bonds. The average molecular weight is 287 g/mol. The van der Waals surface area contributed by atoms with E-state index in [0.29, 0.717) is 12.6 Å². The fourth-order valence-corrected chi connectivity index (χ4v) is 2.29. The lowest BCUT2D eigenvalue weighted by molar-refractivity contribution is 0.0907. The molecule has 2 aromatic carbocycles. The lowest BCUT2D eigenvalue weighted by Crippen LogP contribution is -2.34. The summed E-state index contributed by atoms with van der Waals surface area (Å²) in [4.78, 5) is 2.21. The Morgan fingerprint density at radius 3 is 2.19 bits per heavy atom. The van der Waals surface area contributed by atoms with Crippen LogP contribution in [0.2, 0.25) is 0 Å². The van der Waals surface area contributed by atoms with Crippen LogP contribution in [-0.2, 0) is 6.54 Å². The second-order valence-electron chi connectivity index (χ2n) is 5.58. The Kier molecular flexibility index (Phi) is 5.48. The second-order valence-corrected chi connectivity index (χ2v) is 5.58. The third-order valence-corrected chi connectivity index (χ3v) is 3.62. The van der Waals surface area contributed by atoms with Crippen molar-refractivity contribution in [2.24, 2.45) is 0 Å². The Morgan fingerprint density at radius 2 is 1.62 bits per heavy atom. The highest BCUT2D eigenvalue weighted by molar-refractivity contribution is 5.19. The molecule has 1 atom stereocenters. The summed E-state index contributed by atoms with van der Waals surface area (Å²) < 4.78 is 12.9. The van der Waals surface area contributed by atoms with Gasteiger partial charge in [-0.15, -0.1) is 0 Å². The highest BCUT2D eigenvalue weighted by Gasteiger charge is 2.16. The highest BCUT2D eigenvalue weighted by Crippen LogP contribution is 2.18. The lowest BCUT2D eigenvalue weighted by atomic mass is 10.1. The first-order valence-electron chi connectivity index (χ1n) is 7.28. The normalized spacial score (nSPS) is 12.9. The van der Waals surface area contributed by atoms with Crippen molar-refractivity contribution in [1.82, 2.24) is 4.90 Å². The van der Waals surface area contributed by atoms with Gasteiger partial charge >= 0.3 is 0 Å². The van der Waals surface area contributed by atoms with Gasteiger partial charge in [0.15, 0.2) is 0 Å². The summed E-state index contributed by atoms with van der Waals surface area (Å²) in [5.41, 5.74) is 1.97. The third-order valence-electron chi connectivity index (χ3n) is 3.62. The van der Waals surface area contributed by atoms with Crippen molar-refractivity contribution in [3.8, 4) is 0 Å². The Hall–Kier alpha value is -1.71. The summed E-state index contributed by atoms with van der Waals surface area (Å²) in [6.07, 6.45) is -0.614. The molecular formula is C18H22FNO. The third kappa shape index (κ3) is 4.66. The molecule has 0 fully saturated rings. The Labute approximate surface area is 125 Å². The maximum absolute atomic E-state index is 12.9. The van der Waals surface area contributed by atoms with E-state index < -0.39 is 6.10 Å². The van der Waals surface area contributed by atoms with E-state index in [2.05, 4.69) is 30.9 Å². The average Bonchev–Trinajstić information content (AvgIpc) is 2.48. The molecular weight excluding hydrogens is 265 g/mol. The fourth-order valence-electron chi connectivity index (χ4n) is 2.29. The zero-order valence-electron chi connectivity index (χ0n) is 12.5. The number of hydrogen-bond donors (Lipinski definition) is 1. The first-order chi connectivity index (χ1) is 10.1. The van der Waals surface area contributed by atoms with Crippen molar-refractivity contribution in [1.29, 1.82) is 0 Å². The van der Waals surface area contributed by atoms with Gasteiger partial charge in [-0.2, -0.15) is 0 Å². The molecule has 0 aromatic heterocycles. The largest absolute Gasteiger partial charge is 0.387 e. The maximum atomic E-state index is 12.9. The van der Waals surface area contributed by atoms with Gasteiger partial charge in [-0.25, -0.2) is 4.39 Å². The van der Waals surface area contributed by atoms with Crippen LogP contribution in [0.25, 0.3) is 0 Å². The van der Waals surface area contributed by atoms with Gasteiger partial charge in [0.2, 0.25) is 0 Å². The minimum atomic E-state index is -0.614. The summed E-state index contributed by atoms with van der Waals surface area (Å²) in [5, 5.41) is 10.3. The van der Waals surface area contributed by atoms with Gasteiger partial charge in [0.05, 0.1) is 6.10 Å². The summed E-state index contributed by atoms with van der Waals surface area (Å²) in [6, 6.07) is 16.6. The number of nitrogens with zero attached hydrogens (tertiary/aromatic N) is 1. The summed E-state index contributed by atoms with van der Waals surface area (Å²) >= 11 is 0. The summed E-state index contributed by atoms with van der Waals surface area (Å²) in [7, 11) is 0. The second kappa shape index (κ2) is 7.34. The summed E-state index contributed by atoms with van der Waals surface area (Å²) in [6.45, 7) is 5.54. The molecule has 0 aliphatic rings. The molecule has 0 spiro atoms. The Bertz CT molecular complexity index is 539. The van der Waals surface area contributed by atoms with Crippen molar-refractivity contribution < 1.29 is 9.50 Å². The van der Waals surface area contributed by atoms with Crippen molar-refractivity contribution in [2.75, 3.05) is 6.54 Å². The van der Waals surface area contributed by atoms with Crippen LogP contribution in [-0.4, -0.2) is 22.6 Å². The fraction of sp³-hybridized carbons (Fsp3) is 0.333. The van der Waals surface area contributed by atoms with Crippen LogP contribution in [0.3, 0.4) is 0 Å². The van der Waals surface area contributed by atoms with Gasteiger partial charge in [0.25, 0.3) is 0 Å². The standard InChI is InChI=1S/C18H22FNO/c1-14(2)20(12-15-6-4-3-5-7-15)13-18(21)16-8-10-17(19)11-9-16/h3-11,14,18,21H,12-13H2,1-2H3. The zero-order valence-corrected chi connectivity index (χ0v) is 12.5. The van der Waals surface area contributed by atoms with Crippen molar-refractivity contribution in [2.45, 2.75) is 32.5 Å². The van der Waals surface area contributed by atoms with E-state index in [0.717, 1.165) is 12.1 Å². The number of halogens is 1. The predicted molar refractivity (Wildman–Crippen MR) is 83.3 cm³/mol. The van der Waals surface area contributed by atoms with Crippen LogP contribution >= 0.6 is 0 Å². The lowest BCUT2D eigenvalue weighted by Gasteiger charge is -2.29. The van der Waals surface area contributed by atoms with Crippen LogP contribution in [0, 0.1) is 5.82 Å². The highest BCUT2D eigenvalue weighted by atomic mass is 19.1. The van der Waals surface area contributed by atoms with Crippen LogP contribution in [0.1, 0.15) is 31.1 Å². The molecule has 112 valence electrons. The maximum Gasteiger partial charge on any atom is 0.123 e. The number of hydrogen-bond acceptors (Lipinski definition) is 2. The molecule has 1 N–H and O–H groups in total. The van der Waals surface area contributed by atoms with E-state index in [1.54, 1.807) is 12.1 Å². The van der Waals surface area contributed by atoms with Gasteiger partial charge in [-0.1, -0.05) is 42.5 Å². The SMILES string of the molecule is CC(C)N(Cc1ccccc1)CC(O)c1ccc(F)cc1. The molecule has 0 saturated heterocycles. The molecule has 0 aliphatic carbocycles. The predicted octanol–water partition coefficient (Wildman–Crippen LogP) is 3.77. The van der Waals surface area contributed by atoms with Crippen LogP contribution < -0.4 is 0 Å². The monoisotopic (exact) mass is 287 g/mol. The number of benzene rings is 2. The Balaban J connectivity index is 2.04. The molecule has 21 heavy (non-hydrogen) atoms. The molecule has 0 radical (unpaired) electrons. The van der Waals surface area contributed by atoms with Gasteiger partial charge in [-0.05, 0) is 37.1 Å². The molecule has 2 aromatic rings. The smallest absolute Gasteiger partial charge is 0.123 e. The van der Waals surface area contributed by atoms with E-state index in [1.165, 1.54) is 17.7 Å². The zero-order chi connectivity index (χ0) is 15.2. The Morgan fingerprint density at radius 1 is 1.00 bits per heavy atom. The van der Waals surface area contributed by atoms with E-state index >= 15 is 0 Å². The molecule has 0 heterocycles. The van der Waals surface area contributed by atoms with Crippen molar-refractivity contribution in [3.63, 3.8) is 0 Å². The quantitative estimate of drug-likeness (QED) is 0.874. The molecule has 0 saturated carbocycles. The van der Waals surface area contributed by atoms with Crippen molar-refractivity contribution >= 4 is 0 Å². The molecule has 0 aliphatic heterocycles. The van der Waals surface area contributed by atoms with E-state index in [-0.39, 0.29) is 5.82 Å². The number of rotatable bonds is 6. The summed E-state index contributed by atoms with van der Waals surface area (Å²) in [5.74, 6) is -0.282. The van der Waals surface area contributed by atoms with Crippen molar-refractivity contribution in [3.05, 3.63) is 71.5 Å². The molecule has 0 bridgehead atoms. The van der Waals surface area contributed by atoms with E-state index in [9.17, 15) is 9.50 Å². The van der Waals surface area contributed by atoms with E-state index in [1.807, 2.05) is 18.2 Å². The topological polar surface area (TPSA) is 23.5 Å². The van der Waals surface area contributed by atoms with Gasteiger partial charge < -0.3 is 5.11 Å². The number of aliphatic hydroxyl groups is 1. The van der Waals surface area contributed by atoms with Gasteiger partial charge in [0.1, 0.15) is 5.82 Å². The van der Waals surface area contributed by atoms with Gasteiger partial charge in [0, 0.05) is 19.1 Å². The first-order valence-corrected chi connectivity index (χ1v) is 7.28. The minimum absolute atomic E-state index is 0.282.